The van der Waals surface area contributed by atoms with Crippen molar-refractivity contribution < 1.29 is 22.4 Å². The predicted molar refractivity (Wildman–Crippen MR) is 117 cm³/mol. The van der Waals surface area contributed by atoms with Crippen LogP contribution in [0.25, 0.3) is 21.9 Å². The summed E-state index contributed by atoms with van der Waals surface area (Å²) in [4.78, 5) is 4.31. The Morgan fingerprint density at radius 1 is 0.968 bits per heavy atom. The van der Waals surface area contributed by atoms with Crippen molar-refractivity contribution >= 4 is 29.5 Å². The summed E-state index contributed by atoms with van der Waals surface area (Å²) >= 11 is 0. The van der Waals surface area contributed by atoms with Gasteiger partial charge in [0.15, 0.2) is 0 Å². The number of hydrogen-bond acceptors (Lipinski definition) is 4. The molecule has 0 radical (unpaired) electrons. The van der Waals surface area contributed by atoms with Gasteiger partial charge in [0.25, 0.3) is 0 Å². The Bertz CT molecular complexity index is 1260. The van der Waals surface area contributed by atoms with Gasteiger partial charge in [-0.2, -0.15) is 0 Å². The summed E-state index contributed by atoms with van der Waals surface area (Å²) < 4.78 is 53.8. The van der Waals surface area contributed by atoms with Gasteiger partial charge < -0.3 is 13.6 Å². The van der Waals surface area contributed by atoms with E-state index >= 15 is 0 Å². The molecule has 0 saturated carbocycles. The molecule has 0 spiro atoms. The van der Waals surface area contributed by atoms with Crippen LogP contribution in [0, 0.1) is 11.6 Å². The highest BCUT2D eigenvalue weighted by Crippen LogP contribution is 2.51. The lowest BCUT2D eigenvalue weighted by molar-refractivity contribution is 0.219. The maximum absolute atomic E-state index is 14.5. The number of rotatable bonds is 8. The van der Waals surface area contributed by atoms with Crippen molar-refractivity contribution in [3.8, 4) is 0 Å². The summed E-state index contributed by atoms with van der Waals surface area (Å²) in [5.41, 5.74) is 3.44. The number of hydrogen-bond donors (Lipinski definition) is 0. The number of nitrogens with zero attached hydrogens (tertiary/aromatic N) is 2. The van der Waals surface area contributed by atoms with Crippen LogP contribution in [-0.4, -0.2) is 22.8 Å². The standard InChI is InChI=1S/C23H23F2N2O3P/c1-3-29-31(28,30-4-2)15-17-9-7-16(8-10-17)14-27-20-6-5-11-26-23(20)22-19(25)12-18(24)13-21(22)27/h5-13H,3-4,14-15H2,1-2H3. The molecule has 31 heavy (non-hydrogen) atoms. The Labute approximate surface area is 179 Å². The van der Waals surface area contributed by atoms with Crippen molar-refractivity contribution in [3.05, 3.63) is 77.5 Å². The van der Waals surface area contributed by atoms with Crippen molar-refractivity contribution in [2.24, 2.45) is 0 Å². The molecule has 5 nitrogen and oxygen atoms in total. The fraction of sp³-hybridized carbons (Fsp3) is 0.261. The van der Waals surface area contributed by atoms with Crippen LogP contribution in [0.5, 0.6) is 0 Å². The van der Waals surface area contributed by atoms with Crippen molar-refractivity contribution in [3.63, 3.8) is 0 Å². The van der Waals surface area contributed by atoms with E-state index in [1.165, 1.54) is 6.07 Å². The second-order valence-corrected chi connectivity index (χ2v) is 9.21. The highest BCUT2D eigenvalue weighted by molar-refractivity contribution is 7.53. The zero-order valence-corrected chi connectivity index (χ0v) is 18.2. The number of fused-ring (bicyclic) bond motifs is 3. The number of halogens is 2. The molecule has 0 aliphatic rings. The normalized spacial score (nSPS) is 12.1. The van der Waals surface area contributed by atoms with Gasteiger partial charge in [0, 0.05) is 18.8 Å². The average Bonchev–Trinajstić information content (AvgIpc) is 3.03. The van der Waals surface area contributed by atoms with Crippen molar-refractivity contribution in [2.75, 3.05) is 13.2 Å². The second-order valence-electron chi connectivity index (χ2n) is 7.16. The minimum Gasteiger partial charge on any atom is -0.334 e. The molecular weight excluding hydrogens is 421 g/mol. The first-order valence-electron chi connectivity index (χ1n) is 10.1. The third-order valence-corrected chi connectivity index (χ3v) is 7.09. The molecule has 0 aliphatic carbocycles. The molecule has 162 valence electrons. The minimum absolute atomic E-state index is 0.185. The monoisotopic (exact) mass is 444 g/mol. The van der Waals surface area contributed by atoms with Gasteiger partial charge in [0.05, 0.1) is 41.3 Å². The molecule has 0 unspecified atom stereocenters. The van der Waals surface area contributed by atoms with Crippen LogP contribution in [0.3, 0.4) is 0 Å². The van der Waals surface area contributed by atoms with E-state index in [1.807, 2.05) is 34.9 Å². The van der Waals surface area contributed by atoms with Gasteiger partial charge in [-0.3, -0.25) is 9.55 Å². The molecule has 4 rings (SSSR count). The summed E-state index contributed by atoms with van der Waals surface area (Å²) in [6.45, 7) is 4.58. The first-order valence-corrected chi connectivity index (χ1v) is 11.8. The lowest BCUT2D eigenvalue weighted by Gasteiger charge is -2.17. The quantitative estimate of drug-likeness (QED) is 0.300. The smallest absolute Gasteiger partial charge is 0.334 e. The maximum Gasteiger partial charge on any atom is 0.335 e. The van der Waals surface area contributed by atoms with Gasteiger partial charge in [-0.15, -0.1) is 0 Å². The van der Waals surface area contributed by atoms with E-state index in [0.717, 1.165) is 22.7 Å². The molecule has 0 N–H and O–H groups in total. The molecule has 2 aromatic heterocycles. The van der Waals surface area contributed by atoms with Gasteiger partial charge in [0.2, 0.25) is 0 Å². The first-order chi connectivity index (χ1) is 14.9. The van der Waals surface area contributed by atoms with Gasteiger partial charge in [-0.1, -0.05) is 24.3 Å². The highest BCUT2D eigenvalue weighted by Gasteiger charge is 2.24. The van der Waals surface area contributed by atoms with Gasteiger partial charge in [-0.05, 0) is 43.2 Å². The third-order valence-electron chi connectivity index (χ3n) is 5.03. The van der Waals surface area contributed by atoms with Gasteiger partial charge >= 0.3 is 7.60 Å². The van der Waals surface area contributed by atoms with E-state index < -0.39 is 19.2 Å². The zero-order chi connectivity index (χ0) is 22.0. The molecule has 0 aliphatic heterocycles. The van der Waals surface area contributed by atoms with Crippen LogP contribution in [0.2, 0.25) is 0 Å². The molecule has 0 saturated heterocycles. The van der Waals surface area contributed by atoms with Crippen LogP contribution in [0.15, 0.2) is 54.7 Å². The largest absolute Gasteiger partial charge is 0.335 e. The predicted octanol–water partition coefficient (Wildman–Crippen LogP) is 6.28. The summed E-state index contributed by atoms with van der Waals surface area (Å²) in [5.74, 6) is -1.26. The SMILES string of the molecule is CCOP(=O)(Cc1ccc(Cn2c3cccnc3c3c(F)cc(F)cc32)cc1)OCC. The maximum atomic E-state index is 14.5. The molecule has 0 bridgehead atoms. The van der Waals surface area contributed by atoms with Crippen LogP contribution in [0.1, 0.15) is 25.0 Å². The first kappa shape index (κ1) is 21.6. The van der Waals surface area contributed by atoms with Crippen molar-refractivity contribution in [1.82, 2.24) is 9.55 Å². The third kappa shape index (κ3) is 4.40. The van der Waals surface area contributed by atoms with E-state index in [4.69, 9.17) is 9.05 Å². The molecule has 8 heteroatoms. The molecule has 0 atom stereocenters. The highest BCUT2D eigenvalue weighted by atomic mass is 31.2. The molecule has 0 amide bonds. The Balaban J connectivity index is 1.68. The van der Waals surface area contributed by atoms with Crippen molar-refractivity contribution in [1.29, 1.82) is 0 Å². The summed E-state index contributed by atoms with van der Waals surface area (Å²) in [7, 11) is -3.19. The Morgan fingerprint density at radius 2 is 1.65 bits per heavy atom. The van der Waals surface area contributed by atoms with E-state index in [9.17, 15) is 13.3 Å². The second kappa shape index (κ2) is 8.87. The van der Waals surface area contributed by atoms with Crippen LogP contribution in [-0.2, 0) is 26.3 Å². The number of pyridine rings is 1. The fourth-order valence-electron chi connectivity index (χ4n) is 3.79. The van der Waals surface area contributed by atoms with E-state index in [2.05, 4.69) is 4.98 Å². The summed E-state index contributed by atoms with van der Waals surface area (Å²) in [6.07, 6.45) is 1.78. The summed E-state index contributed by atoms with van der Waals surface area (Å²) in [6, 6.07) is 13.4. The van der Waals surface area contributed by atoms with E-state index in [-0.39, 0.29) is 6.16 Å². The number of benzene rings is 2. The molecule has 2 aromatic carbocycles. The molecule has 4 aromatic rings. The summed E-state index contributed by atoms with van der Waals surface area (Å²) in [5, 5.41) is 0.308. The van der Waals surface area contributed by atoms with Gasteiger partial charge in [-0.25, -0.2) is 8.78 Å². The average molecular weight is 444 g/mol. The fourth-order valence-corrected chi connectivity index (χ4v) is 5.49. The molecular formula is C23H23F2N2O3P. The Kier molecular flexibility index (Phi) is 6.19. The number of aromatic nitrogens is 2. The van der Waals surface area contributed by atoms with Crippen molar-refractivity contribution in [2.45, 2.75) is 26.6 Å². The van der Waals surface area contributed by atoms with Crippen LogP contribution >= 0.6 is 7.60 Å². The van der Waals surface area contributed by atoms with E-state index in [0.29, 0.717) is 36.2 Å². The zero-order valence-electron chi connectivity index (χ0n) is 17.3. The Morgan fingerprint density at radius 3 is 2.32 bits per heavy atom. The van der Waals surface area contributed by atoms with E-state index in [1.54, 1.807) is 26.1 Å². The molecule has 0 fully saturated rings. The Hall–Kier alpha value is -2.60. The lowest BCUT2D eigenvalue weighted by atomic mass is 10.1. The topological polar surface area (TPSA) is 53.4 Å². The van der Waals surface area contributed by atoms with Crippen LogP contribution < -0.4 is 0 Å². The minimum atomic E-state index is -3.19. The van der Waals surface area contributed by atoms with Gasteiger partial charge in [0.1, 0.15) is 11.6 Å². The lowest BCUT2D eigenvalue weighted by Crippen LogP contribution is -2.01. The molecule has 2 heterocycles. The van der Waals surface area contributed by atoms with Crippen LogP contribution in [0.4, 0.5) is 8.78 Å².